The monoisotopic (exact) mass is 1060 g/mol. The molecule has 0 fully saturated rings. The lowest BCUT2D eigenvalue weighted by molar-refractivity contribution is 0.668. The molecule has 5 heterocycles. The third-order valence-corrected chi connectivity index (χ3v) is 17.5. The van der Waals surface area contributed by atoms with Crippen LogP contribution in [0.4, 0.5) is 0 Å². The van der Waals surface area contributed by atoms with E-state index in [-0.39, 0.29) is 0 Å². The van der Waals surface area contributed by atoms with Crippen LogP contribution in [0.5, 0.6) is 0 Å². The molecule has 7 heteroatoms. The van der Waals surface area contributed by atoms with Gasteiger partial charge in [0.2, 0.25) is 0 Å². The topological polar surface area (TPSA) is 69.9 Å². The van der Waals surface area contributed by atoms with E-state index in [1.807, 2.05) is 72.0 Å². The Morgan fingerprint density at radius 1 is 0.280 bits per heavy atom. The van der Waals surface area contributed by atoms with Gasteiger partial charge in [0.15, 0.2) is 17.5 Å². The number of aromatic nitrogens is 4. The lowest BCUT2D eigenvalue weighted by Crippen LogP contribution is -2.05. The van der Waals surface area contributed by atoms with Crippen LogP contribution in [-0.2, 0) is 0 Å². The Balaban J connectivity index is 1.03. The van der Waals surface area contributed by atoms with Gasteiger partial charge in [-0.05, 0) is 100 Å². The number of hydrogen-bond acceptors (Lipinski definition) is 6. The van der Waals surface area contributed by atoms with Crippen molar-refractivity contribution in [3.63, 3.8) is 0 Å². The molecule has 0 unspecified atom stereocenters. The van der Waals surface area contributed by atoms with Gasteiger partial charge in [-0.2, -0.15) is 0 Å². The average molecular weight is 1070 g/mol. The minimum Gasteiger partial charge on any atom is -0.456 e. The van der Waals surface area contributed by atoms with Crippen LogP contribution in [0.3, 0.4) is 0 Å². The van der Waals surface area contributed by atoms with Gasteiger partial charge in [0.1, 0.15) is 22.3 Å². The summed E-state index contributed by atoms with van der Waals surface area (Å²) >= 11 is 1.87. The van der Waals surface area contributed by atoms with E-state index in [2.05, 4.69) is 211 Å². The Hall–Kier alpha value is -10.7. The van der Waals surface area contributed by atoms with Crippen molar-refractivity contribution in [3.05, 3.63) is 267 Å². The quantitative estimate of drug-likeness (QED) is 0.152. The Morgan fingerprint density at radius 2 is 0.732 bits per heavy atom. The van der Waals surface area contributed by atoms with Crippen LogP contribution < -0.4 is 0 Å². The molecule has 17 aromatic rings. The molecule has 0 spiro atoms. The fourth-order valence-corrected chi connectivity index (χ4v) is 13.8. The molecule has 6 nitrogen and oxygen atoms in total. The highest BCUT2D eigenvalue weighted by Crippen LogP contribution is 2.50. The molecule has 17 rings (SSSR count). The molecule has 0 atom stereocenters. The van der Waals surface area contributed by atoms with E-state index in [1.165, 1.54) is 30.9 Å². The van der Waals surface area contributed by atoms with Crippen LogP contribution in [0.2, 0.25) is 0 Å². The predicted molar refractivity (Wildman–Crippen MR) is 340 cm³/mol. The molecule has 382 valence electrons. The molecule has 0 saturated heterocycles. The second-order valence-corrected chi connectivity index (χ2v) is 22.0. The normalized spacial score (nSPS) is 11.9. The Morgan fingerprint density at radius 3 is 1.30 bits per heavy atom. The lowest BCUT2D eigenvalue weighted by atomic mass is 9.86. The van der Waals surface area contributed by atoms with E-state index in [9.17, 15) is 0 Å². The van der Waals surface area contributed by atoms with Gasteiger partial charge in [-0.3, -0.25) is 0 Å². The minimum atomic E-state index is 0.559. The van der Waals surface area contributed by atoms with Crippen LogP contribution in [-0.4, -0.2) is 19.5 Å². The van der Waals surface area contributed by atoms with Crippen LogP contribution in [0.1, 0.15) is 0 Å². The van der Waals surface area contributed by atoms with E-state index >= 15 is 0 Å². The van der Waals surface area contributed by atoms with Gasteiger partial charge in [-0.15, -0.1) is 11.3 Å². The first kappa shape index (κ1) is 46.2. The van der Waals surface area contributed by atoms with Crippen molar-refractivity contribution in [1.82, 2.24) is 19.5 Å². The molecule has 0 amide bonds. The van der Waals surface area contributed by atoms with E-state index in [0.29, 0.717) is 17.5 Å². The summed E-state index contributed by atoms with van der Waals surface area (Å²) in [5.74, 6) is 1.74. The van der Waals surface area contributed by atoms with Crippen molar-refractivity contribution in [3.8, 4) is 84.4 Å². The van der Waals surface area contributed by atoms with Crippen LogP contribution in [0.25, 0.3) is 170 Å². The zero-order chi connectivity index (χ0) is 53.8. The van der Waals surface area contributed by atoms with Crippen molar-refractivity contribution in [2.24, 2.45) is 0 Å². The summed E-state index contributed by atoms with van der Waals surface area (Å²) in [5, 5.41) is 9.22. The molecule has 82 heavy (non-hydrogen) atoms. The number of benzene rings is 12. The Labute approximate surface area is 474 Å². The van der Waals surface area contributed by atoms with E-state index in [0.717, 1.165) is 122 Å². The SMILES string of the molecule is c1ccc(-c2nc(-c3ccccc3)nc(-c3cc(-c4ccccc4-c4ccc5oc6ccccc6c5c4)c(-n4c5ccccc5c5c6sc7ccccc7c6ccc54)c(-c4ccccc4-c4ccc5oc6ccccc6c5c4)c3)n2)cc1. The molecule has 0 radical (unpaired) electrons. The number of thiophene rings is 1. The second-order valence-electron chi connectivity index (χ2n) is 21.0. The molecule has 5 aromatic heterocycles. The van der Waals surface area contributed by atoms with Crippen LogP contribution >= 0.6 is 11.3 Å². The van der Waals surface area contributed by atoms with Gasteiger partial charge in [-0.25, -0.2) is 15.0 Å². The molecule has 0 aliphatic carbocycles. The van der Waals surface area contributed by atoms with Gasteiger partial charge >= 0.3 is 0 Å². The molecule has 0 aliphatic heterocycles. The summed E-state index contributed by atoms with van der Waals surface area (Å²) in [6.45, 7) is 0. The number of nitrogens with zero attached hydrogens (tertiary/aromatic N) is 4. The van der Waals surface area contributed by atoms with Gasteiger partial charge in [-0.1, -0.05) is 200 Å². The number of furan rings is 2. The third kappa shape index (κ3) is 7.30. The summed E-state index contributed by atoms with van der Waals surface area (Å²) in [4.78, 5) is 16.1. The van der Waals surface area contributed by atoms with Gasteiger partial charge in [0.05, 0.1) is 16.7 Å². The Kier molecular flexibility index (Phi) is 10.4. The minimum absolute atomic E-state index is 0.559. The smallest absolute Gasteiger partial charge is 0.164 e. The highest BCUT2D eigenvalue weighted by molar-refractivity contribution is 7.26. The zero-order valence-electron chi connectivity index (χ0n) is 43.9. The van der Waals surface area contributed by atoms with E-state index in [1.54, 1.807) is 0 Å². The van der Waals surface area contributed by atoms with Gasteiger partial charge in [0.25, 0.3) is 0 Å². The van der Waals surface area contributed by atoms with Gasteiger partial charge < -0.3 is 13.4 Å². The molecular formula is C75H44N4O2S. The molecule has 0 N–H and O–H groups in total. The number of fused-ring (bicyclic) bond motifs is 13. The summed E-state index contributed by atoms with van der Waals surface area (Å²) < 4.78 is 17.9. The standard InChI is InChI=1S/C75H44N4O2S/c1-3-19-45(20-4-1)73-76-74(46-21-5-2-6-22-46)78-75(77-73)49-43-61(52-25-9-7-23-50(52)47-35-39-67-59(41-47)54-27-12-16-32-65(54)80-67)71(79-63-31-15-11-30-58(63)70-64(79)38-37-57-56-29-14-18-34-69(56)82-72(57)70)62(44-49)53-26-10-8-24-51(53)48-36-40-68-60(42-48)55-28-13-17-33-66(55)81-68/h1-44H. The largest absolute Gasteiger partial charge is 0.456 e. The first-order chi connectivity index (χ1) is 40.6. The lowest BCUT2D eigenvalue weighted by Gasteiger charge is -2.23. The summed E-state index contributed by atoms with van der Waals surface area (Å²) in [5.41, 5.74) is 17.7. The van der Waals surface area contributed by atoms with Crippen molar-refractivity contribution in [2.45, 2.75) is 0 Å². The maximum Gasteiger partial charge on any atom is 0.164 e. The van der Waals surface area contributed by atoms with Crippen molar-refractivity contribution in [2.75, 3.05) is 0 Å². The third-order valence-electron chi connectivity index (χ3n) is 16.3. The Bertz CT molecular complexity index is 5180. The fraction of sp³-hybridized carbons (Fsp3) is 0. The number of rotatable bonds is 8. The first-order valence-corrected chi connectivity index (χ1v) is 28.4. The van der Waals surface area contributed by atoms with E-state index < -0.39 is 0 Å². The summed E-state index contributed by atoms with van der Waals surface area (Å²) in [6, 6.07) is 95.0. The molecule has 0 aliphatic rings. The number of hydrogen-bond donors (Lipinski definition) is 0. The van der Waals surface area contributed by atoms with Gasteiger partial charge in [0, 0.05) is 80.3 Å². The maximum absolute atomic E-state index is 6.43. The zero-order valence-corrected chi connectivity index (χ0v) is 44.7. The molecular weight excluding hydrogens is 1020 g/mol. The maximum atomic E-state index is 6.43. The van der Waals surface area contributed by atoms with Crippen molar-refractivity contribution >= 4 is 97.2 Å². The van der Waals surface area contributed by atoms with Crippen molar-refractivity contribution in [1.29, 1.82) is 0 Å². The van der Waals surface area contributed by atoms with Crippen LogP contribution in [0, 0.1) is 0 Å². The van der Waals surface area contributed by atoms with Crippen molar-refractivity contribution < 1.29 is 8.83 Å². The summed E-state index contributed by atoms with van der Waals surface area (Å²) in [7, 11) is 0. The molecule has 0 saturated carbocycles. The van der Waals surface area contributed by atoms with E-state index in [4.69, 9.17) is 23.8 Å². The number of para-hydroxylation sites is 3. The second kappa shape index (κ2) is 18.4. The first-order valence-electron chi connectivity index (χ1n) is 27.6. The van der Waals surface area contributed by atoms with Crippen LogP contribution in [0.15, 0.2) is 276 Å². The molecule has 0 bridgehead atoms. The molecule has 12 aromatic carbocycles. The summed E-state index contributed by atoms with van der Waals surface area (Å²) in [6.07, 6.45) is 0. The predicted octanol–water partition coefficient (Wildman–Crippen LogP) is 20.8. The fourth-order valence-electron chi connectivity index (χ4n) is 12.6. The average Bonchev–Trinajstić information content (AvgIpc) is 2.96. The highest BCUT2D eigenvalue weighted by atomic mass is 32.1. The highest BCUT2D eigenvalue weighted by Gasteiger charge is 2.27.